The number of anilines is 1. The fourth-order valence-corrected chi connectivity index (χ4v) is 4.63. The first-order valence-corrected chi connectivity index (χ1v) is 9.85. The first-order chi connectivity index (χ1) is 13.5. The van der Waals surface area contributed by atoms with Crippen molar-refractivity contribution in [3.63, 3.8) is 0 Å². The summed E-state index contributed by atoms with van der Waals surface area (Å²) in [6.45, 7) is 4.86. The first-order valence-electron chi connectivity index (χ1n) is 9.85. The van der Waals surface area contributed by atoms with Crippen molar-refractivity contribution in [2.45, 2.75) is 31.8 Å². The van der Waals surface area contributed by atoms with Crippen molar-refractivity contribution in [2.24, 2.45) is 5.92 Å². The van der Waals surface area contributed by atoms with Gasteiger partial charge in [-0.05, 0) is 37.9 Å². The predicted molar refractivity (Wildman–Crippen MR) is 108 cm³/mol. The molecule has 0 aliphatic carbocycles. The smallest absolute Gasteiger partial charge is 0.239 e. The number of amides is 1. The van der Waals surface area contributed by atoms with Crippen LogP contribution in [0.4, 0.5) is 5.69 Å². The number of carbonyl (C=O) groups is 1. The van der Waals surface area contributed by atoms with E-state index < -0.39 is 0 Å². The molecule has 1 aromatic heterocycles. The Morgan fingerprint density at radius 1 is 1.21 bits per heavy atom. The molecule has 146 valence electrons. The second kappa shape index (κ2) is 7.36. The minimum absolute atomic E-state index is 0.0281. The van der Waals surface area contributed by atoms with Crippen LogP contribution in [0, 0.1) is 17.2 Å². The lowest BCUT2D eigenvalue weighted by atomic mass is 9.93. The third-order valence-corrected chi connectivity index (χ3v) is 6.17. The number of piperidine rings is 1. The van der Waals surface area contributed by atoms with E-state index in [9.17, 15) is 10.1 Å². The van der Waals surface area contributed by atoms with E-state index in [0.717, 1.165) is 43.7 Å². The quantitative estimate of drug-likeness (QED) is 0.812. The van der Waals surface area contributed by atoms with E-state index in [1.165, 1.54) is 0 Å². The topological polar surface area (TPSA) is 76.4 Å². The molecule has 2 fully saturated rings. The number of fused-ring (bicyclic) bond motifs is 1. The van der Waals surface area contributed by atoms with Crippen molar-refractivity contribution in [1.29, 1.82) is 5.26 Å². The first kappa shape index (κ1) is 18.6. The van der Waals surface area contributed by atoms with Gasteiger partial charge in [0.15, 0.2) is 0 Å². The number of rotatable bonds is 3. The van der Waals surface area contributed by atoms with Gasteiger partial charge in [-0.1, -0.05) is 6.92 Å². The lowest BCUT2D eigenvalue weighted by Gasteiger charge is -2.43. The van der Waals surface area contributed by atoms with Crippen molar-refractivity contribution < 1.29 is 4.79 Å². The molecule has 2 aliphatic heterocycles. The summed E-state index contributed by atoms with van der Waals surface area (Å²) in [7, 11) is 3.97. The van der Waals surface area contributed by atoms with Gasteiger partial charge >= 0.3 is 0 Å². The van der Waals surface area contributed by atoms with Gasteiger partial charge in [-0.2, -0.15) is 5.26 Å². The maximum atomic E-state index is 12.5. The highest BCUT2D eigenvalue weighted by atomic mass is 16.2. The van der Waals surface area contributed by atoms with Gasteiger partial charge in [-0.15, -0.1) is 0 Å². The van der Waals surface area contributed by atoms with E-state index in [0.29, 0.717) is 23.0 Å². The molecule has 1 amide bonds. The SMILES string of the molecule is C[C@H]1C[C@@H](N(C)C2CCN(C)C2=O)CN(c2ccc(C#N)c3nccnc23)C1. The molecular weight excluding hydrogens is 352 g/mol. The maximum absolute atomic E-state index is 12.5. The molecule has 3 atom stereocenters. The zero-order chi connectivity index (χ0) is 19.8. The summed E-state index contributed by atoms with van der Waals surface area (Å²) in [4.78, 5) is 27.9. The lowest BCUT2D eigenvalue weighted by molar-refractivity contribution is -0.131. The Kier molecular flexibility index (Phi) is 4.90. The number of likely N-dealkylation sites (N-methyl/N-ethyl adjacent to an activating group) is 2. The van der Waals surface area contributed by atoms with E-state index in [2.05, 4.69) is 39.8 Å². The summed E-state index contributed by atoms with van der Waals surface area (Å²) in [5, 5.41) is 9.39. The third kappa shape index (κ3) is 3.18. The van der Waals surface area contributed by atoms with Crippen LogP contribution in [0.1, 0.15) is 25.3 Å². The van der Waals surface area contributed by atoms with Crippen LogP contribution in [0.15, 0.2) is 24.5 Å². The van der Waals surface area contributed by atoms with Crippen LogP contribution in [0.2, 0.25) is 0 Å². The van der Waals surface area contributed by atoms with Gasteiger partial charge in [0.1, 0.15) is 17.1 Å². The van der Waals surface area contributed by atoms with Crippen molar-refractivity contribution >= 4 is 22.6 Å². The molecule has 0 spiro atoms. The summed E-state index contributed by atoms with van der Waals surface area (Å²) >= 11 is 0. The minimum atomic E-state index is -0.0281. The molecule has 1 unspecified atom stereocenters. The number of hydrogen-bond donors (Lipinski definition) is 0. The number of likely N-dealkylation sites (tertiary alicyclic amines) is 1. The highest BCUT2D eigenvalue weighted by Gasteiger charge is 2.38. The van der Waals surface area contributed by atoms with E-state index in [-0.39, 0.29) is 11.9 Å². The molecule has 28 heavy (non-hydrogen) atoms. The van der Waals surface area contributed by atoms with Crippen LogP contribution in [0.5, 0.6) is 0 Å². The molecule has 0 radical (unpaired) electrons. The average Bonchev–Trinajstić information content (AvgIpc) is 3.04. The molecule has 2 saturated heterocycles. The second-order valence-electron chi connectivity index (χ2n) is 8.13. The highest BCUT2D eigenvalue weighted by molar-refractivity contribution is 5.92. The lowest BCUT2D eigenvalue weighted by Crippen LogP contribution is -2.53. The maximum Gasteiger partial charge on any atom is 0.239 e. The summed E-state index contributed by atoms with van der Waals surface area (Å²) in [6, 6.07) is 6.30. The van der Waals surface area contributed by atoms with Crippen LogP contribution in [-0.4, -0.2) is 71.5 Å². The number of benzene rings is 1. The third-order valence-electron chi connectivity index (χ3n) is 6.17. The van der Waals surface area contributed by atoms with Crippen molar-refractivity contribution in [1.82, 2.24) is 19.8 Å². The minimum Gasteiger partial charge on any atom is -0.368 e. The second-order valence-corrected chi connectivity index (χ2v) is 8.13. The monoisotopic (exact) mass is 378 g/mol. The van der Waals surface area contributed by atoms with Gasteiger partial charge in [0.05, 0.1) is 17.3 Å². The van der Waals surface area contributed by atoms with Crippen molar-refractivity contribution in [3.8, 4) is 6.07 Å². The zero-order valence-corrected chi connectivity index (χ0v) is 16.7. The standard InChI is InChI=1S/C21H26N6O/c1-14-10-16(26(3)18-6-9-25(2)21(18)28)13-27(12-14)17-5-4-15(11-22)19-20(17)24-8-7-23-19/h4-5,7-8,14,16,18H,6,9-10,12-13H2,1-3H3/t14-,16+,18?/m0/s1. The van der Waals surface area contributed by atoms with Gasteiger partial charge in [-0.3, -0.25) is 19.7 Å². The zero-order valence-electron chi connectivity index (χ0n) is 16.7. The fourth-order valence-electron chi connectivity index (χ4n) is 4.63. The Bertz CT molecular complexity index is 938. The molecule has 0 saturated carbocycles. The Labute approximate surface area is 165 Å². The Balaban J connectivity index is 1.64. The molecule has 3 heterocycles. The molecule has 1 aromatic carbocycles. The largest absolute Gasteiger partial charge is 0.368 e. The molecule has 0 N–H and O–H groups in total. The number of aromatic nitrogens is 2. The van der Waals surface area contributed by atoms with Crippen molar-refractivity contribution in [3.05, 3.63) is 30.1 Å². The number of nitrogens with zero attached hydrogens (tertiary/aromatic N) is 6. The molecule has 4 rings (SSSR count). The Hall–Kier alpha value is -2.72. The molecular formula is C21H26N6O. The van der Waals surface area contributed by atoms with Crippen molar-refractivity contribution in [2.75, 3.05) is 38.6 Å². The molecule has 0 bridgehead atoms. The number of nitriles is 1. The Morgan fingerprint density at radius 2 is 1.96 bits per heavy atom. The summed E-state index contributed by atoms with van der Waals surface area (Å²) in [5.41, 5.74) is 2.99. The average molecular weight is 378 g/mol. The van der Waals surface area contributed by atoms with Crippen LogP contribution in [0.25, 0.3) is 11.0 Å². The Morgan fingerprint density at radius 3 is 2.64 bits per heavy atom. The molecule has 2 aromatic rings. The van der Waals surface area contributed by atoms with Crippen LogP contribution in [0.3, 0.4) is 0 Å². The predicted octanol–water partition coefficient (Wildman–Crippen LogP) is 1.88. The number of carbonyl (C=O) groups excluding carboxylic acids is 1. The van der Waals surface area contributed by atoms with E-state index in [1.807, 2.05) is 24.1 Å². The normalized spacial score (nSPS) is 25.5. The summed E-state index contributed by atoms with van der Waals surface area (Å²) in [5.74, 6) is 0.722. The van der Waals surface area contributed by atoms with Gasteiger partial charge in [0, 0.05) is 45.1 Å². The van der Waals surface area contributed by atoms with Gasteiger partial charge in [0.2, 0.25) is 5.91 Å². The number of hydrogen-bond acceptors (Lipinski definition) is 6. The molecule has 7 heteroatoms. The highest BCUT2D eigenvalue weighted by Crippen LogP contribution is 2.32. The van der Waals surface area contributed by atoms with Crippen LogP contribution < -0.4 is 4.90 Å². The summed E-state index contributed by atoms with van der Waals surface area (Å²) < 4.78 is 0. The van der Waals surface area contributed by atoms with E-state index >= 15 is 0 Å². The molecule has 7 nitrogen and oxygen atoms in total. The fraction of sp³-hybridized carbons (Fsp3) is 0.524. The van der Waals surface area contributed by atoms with Gasteiger partial charge in [-0.25, -0.2) is 0 Å². The molecule has 2 aliphatic rings. The van der Waals surface area contributed by atoms with E-state index in [4.69, 9.17) is 0 Å². The van der Waals surface area contributed by atoms with E-state index in [1.54, 1.807) is 12.4 Å². The van der Waals surface area contributed by atoms with Gasteiger partial charge in [0.25, 0.3) is 0 Å². The van der Waals surface area contributed by atoms with Crippen LogP contribution >= 0.6 is 0 Å². The van der Waals surface area contributed by atoms with Gasteiger partial charge < -0.3 is 9.80 Å². The summed E-state index contributed by atoms with van der Waals surface area (Å²) in [6.07, 6.45) is 5.27. The van der Waals surface area contributed by atoms with Crippen LogP contribution in [-0.2, 0) is 4.79 Å².